The van der Waals surface area contributed by atoms with E-state index in [1.54, 1.807) is 25.3 Å². The molecule has 0 saturated carbocycles. The Morgan fingerprint density at radius 3 is 2.50 bits per heavy atom. The molecule has 0 N–H and O–H groups in total. The Hall–Kier alpha value is -2.80. The average Bonchev–Trinajstić information content (AvgIpc) is 3.24. The van der Waals surface area contributed by atoms with Gasteiger partial charge in [-0.05, 0) is 29.7 Å². The quantitative estimate of drug-likeness (QED) is 0.615. The number of methoxy groups -OCH3 is 3. The zero-order chi connectivity index (χ0) is 17.1. The Bertz CT molecular complexity index is 824. The predicted octanol–water partition coefficient (Wildman–Crippen LogP) is 3.12. The topological polar surface area (TPSA) is 66.4 Å². The Morgan fingerprint density at radius 1 is 1.08 bits per heavy atom. The molecule has 0 fully saturated rings. The number of benzene rings is 1. The lowest BCUT2D eigenvalue weighted by Crippen LogP contribution is -2.03. The van der Waals surface area contributed by atoms with Crippen molar-refractivity contribution in [2.24, 2.45) is 4.99 Å². The van der Waals surface area contributed by atoms with Crippen molar-refractivity contribution in [3.8, 4) is 17.2 Å². The molecule has 1 aromatic heterocycles. The normalized spacial score (nSPS) is 15.2. The molecule has 2 heterocycles. The minimum absolute atomic E-state index is 0.198. The van der Waals surface area contributed by atoms with Gasteiger partial charge < -0.3 is 18.9 Å². The summed E-state index contributed by atoms with van der Waals surface area (Å²) in [5.41, 5.74) is 0.835. The summed E-state index contributed by atoms with van der Waals surface area (Å²) in [6.07, 6.45) is 1.60. The number of hydrogen-bond acceptors (Lipinski definition) is 7. The van der Waals surface area contributed by atoms with E-state index in [0.29, 0.717) is 28.7 Å². The molecule has 0 atom stereocenters. The molecule has 0 aliphatic carbocycles. The van der Waals surface area contributed by atoms with Crippen molar-refractivity contribution < 1.29 is 23.7 Å². The number of thiophene rings is 1. The van der Waals surface area contributed by atoms with Crippen LogP contribution in [0.2, 0.25) is 0 Å². The fourth-order valence-corrected chi connectivity index (χ4v) is 2.95. The Morgan fingerprint density at radius 2 is 1.88 bits per heavy atom. The van der Waals surface area contributed by atoms with Crippen LogP contribution in [-0.4, -0.2) is 33.2 Å². The largest absolute Gasteiger partial charge is 0.493 e. The van der Waals surface area contributed by atoms with Gasteiger partial charge in [0.05, 0.1) is 26.2 Å². The second-order valence-corrected chi connectivity index (χ2v) is 5.68. The van der Waals surface area contributed by atoms with Crippen molar-refractivity contribution >= 4 is 29.3 Å². The maximum Gasteiger partial charge on any atom is 0.363 e. The maximum atomic E-state index is 12.1. The Labute approximate surface area is 142 Å². The highest BCUT2D eigenvalue weighted by Crippen LogP contribution is 2.40. The number of carbonyl (C=O) groups excluding carboxylic acids is 1. The van der Waals surface area contributed by atoms with Gasteiger partial charge in [0.15, 0.2) is 17.2 Å². The lowest BCUT2D eigenvalue weighted by molar-refractivity contribution is -0.129. The minimum atomic E-state index is -0.504. The maximum absolute atomic E-state index is 12.1. The monoisotopic (exact) mass is 345 g/mol. The van der Waals surface area contributed by atoms with Gasteiger partial charge >= 0.3 is 5.97 Å². The van der Waals surface area contributed by atoms with Gasteiger partial charge in [-0.1, -0.05) is 6.07 Å². The number of nitrogens with zero attached hydrogens (tertiary/aromatic N) is 1. The summed E-state index contributed by atoms with van der Waals surface area (Å²) in [5, 5.41) is 1.89. The van der Waals surface area contributed by atoms with Crippen molar-refractivity contribution in [1.29, 1.82) is 0 Å². The van der Waals surface area contributed by atoms with Gasteiger partial charge in [-0.15, -0.1) is 11.3 Å². The fourth-order valence-electron chi connectivity index (χ4n) is 2.30. The third-order valence-corrected chi connectivity index (χ3v) is 4.24. The summed E-state index contributed by atoms with van der Waals surface area (Å²) in [6.45, 7) is 0. The smallest absolute Gasteiger partial charge is 0.363 e. The highest BCUT2D eigenvalue weighted by molar-refractivity contribution is 7.12. The van der Waals surface area contributed by atoms with Crippen LogP contribution < -0.4 is 14.2 Å². The van der Waals surface area contributed by atoms with Crippen LogP contribution in [0.15, 0.2) is 40.3 Å². The number of cyclic esters (lactones) is 1. The molecular formula is C17H15NO5S. The zero-order valence-corrected chi connectivity index (χ0v) is 14.2. The molecule has 7 heteroatoms. The standard InChI is InChI=1S/C17H15NO5S/c1-20-12-7-6-10(14(21-2)15(12)22-3)9-11-17(19)23-16(18-11)13-5-4-8-24-13/h4-9H,1-3H3. The van der Waals surface area contributed by atoms with Gasteiger partial charge in [0.2, 0.25) is 11.6 Å². The molecule has 0 spiro atoms. The first-order valence-electron chi connectivity index (χ1n) is 7.03. The number of hydrogen-bond donors (Lipinski definition) is 0. The van der Waals surface area contributed by atoms with Gasteiger partial charge in [-0.25, -0.2) is 9.79 Å². The summed E-state index contributed by atoms with van der Waals surface area (Å²) in [6, 6.07) is 7.21. The Kier molecular flexibility index (Phi) is 4.52. The van der Waals surface area contributed by atoms with Gasteiger partial charge in [0.25, 0.3) is 0 Å². The number of rotatable bonds is 5. The van der Waals surface area contributed by atoms with Gasteiger partial charge in [0.1, 0.15) is 0 Å². The first-order valence-corrected chi connectivity index (χ1v) is 7.91. The molecule has 0 saturated heterocycles. The van der Waals surface area contributed by atoms with Crippen molar-refractivity contribution in [1.82, 2.24) is 0 Å². The van der Waals surface area contributed by atoms with Crippen LogP contribution in [0.4, 0.5) is 0 Å². The third-order valence-electron chi connectivity index (χ3n) is 3.38. The van der Waals surface area contributed by atoms with Crippen LogP contribution >= 0.6 is 11.3 Å². The van der Waals surface area contributed by atoms with E-state index in [1.165, 1.54) is 25.6 Å². The van der Waals surface area contributed by atoms with Crippen molar-refractivity contribution in [2.75, 3.05) is 21.3 Å². The molecule has 6 nitrogen and oxygen atoms in total. The molecule has 2 aromatic rings. The molecule has 1 aromatic carbocycles. The molecule has 0 bridgehead atoms. The molecular weight excluding hydrogens is 330 g/mol. The van der Waals surface area contributed by atoms with E-state index in [0.717, 1.165) is 4.88 Å². The average molecular weight is 345 g/mol. The van der Waals surface area contributed by atoms with E-state index in [1.807, 2.05) is 17.5 Å². The first-order chi connectivity index (χ1) is 11.7. The van der Waals surface area contributed by atoms with Crippen molar-refractivity contribution in [3.05, 3.63) is 45.8 Å². The number of ether oxygens (including phenoxy) is 4. The molecule has 0 unspecified atom stereocenters. The van der Waals surface area contributed by atoms with Gasteiger partial charge in [0, 0.05) is 5.56 Å². The molecule has 1 aliphatic rings. The van der Waals surface area contributed by atoms with Crippen LogP contribution in [-0.2, 0) is 9.53 Å². The lowest BCUT2D eigenvalue weighted by Gasteiger charge is -2.14. The van der Waals surface area contributed by atoms with E-state index in [2.05, 4.69) is 4.99 Å². The van der Waals surface area contributed by atoms with Gasteiger partial charge in [-0.3, -0.25) is 0 Å². The van der Waals surface area contributed by atoms with E-state index < -0.39 is 5.97 Å². The molecule has 124 valence electrons. The molecule has 3 rings (SSSR count). The molecule has 0 radical (unpaired) electrons. The Balaban J connectivity index is 2.03. The molecule has 1 aliphatic heterocycles. The second kappa shape index (κ2) is 6.76. The van der Waals surface area contributed by atoms with Crippen LogP contribution in [0.1, 0.15) is 10.4 Å². The van der Waals surface area contributed by atoms with Crippen molar-refractivity contribution in [2.45, 2.75) is 0 Å². The van der Waals surface area contributed by atoms with Crippen LogP contribution in [0.3, 0.4) is 0 Å². The number of carbonyl (C=O) groups is 1. The fraction of sp³-hybridized carbons (Fsp3) is 0.176. The summed E-state index contributed by atoms with van der Waals surface area (Å²) < 4.78 is 21.2. The highest BCUT2D eigenvalue weighted by atomic mass is 32.1. The van der Waals surface area contributed by atoms with Crippen LogP contribution in [0.25, 0.3) is 6.08 Å². The minimum Gasteiger partial charge on any atom is -0.493 e. The molecule has 0 amide bonds. The van der Waals surface area contributed by atoms with E-state index in [-0.39, 0.29) is 5.70 Å². The summed E-state index contributed by atoms with van der Waals surface area (Å²) >= 11 is 1.45. The summed E-state index contributed by atoms with van der Waals surface area (Å²) in [7, 11) is 4.59. The van der Waals surface area contributed by atoms with Gasteiger partial charge in [-0.2, -0.15) is 0 Å². The zero-order valence-electron chi connectivity index (χ0n) is 13.4. The summed E-state index contributed by atoms with van der Waals surface area (Å²) in [4.78, 5) is 17.1. The van der Waals surface area contributed by atoms with E-state index in [9.17, 15) is 4.79 Å². The summed E-state index contributed by atoms with van der Waals surface area (Å²) in [5.74, 6) is 1.24. The van der Waals surface area contributed by atoms with E-state index >= 15 is 0 Å². The van der Waals surface area contributed by atoms with Crippen LogP contribution in [0, 0.1) is 0 Å². The number of aliphatic imine (C=N–C) groups is 1. The first kappa shape index (κ1) is 16.1. The lowest BCUT2D eigenvalue weighted by atomic mass is 10.1. The SMILES string of the molecule is COc1ccc(C=C2N=C(c3cccs3)OC2=O)c(OC)c1OC. The predicted molar refractivity (Wildman–Crippen MR) is 91.0 cm³/mol. The molecule has 24 heavy (non-hydrogen) atoms. The second-order valence-electron chi connectivity index (χ2n) is 4.74. The van der Waals surface area contributed by atoms with E-state index in [4.69, 9.17) is 18.9 Å². The number of esters is 1. The third kappa shape index (κ3) is 2.85. The van der Waals surface area contributed by atoms with Crippen molar-refractivity contribution in [3.63, 3.8) is 0 Å². The highest BCUT2D eigenvalue weighted by Gasteiger charge is 2.25. The van der Waals surface area contributed by atoms with Crippen LogP contribution in [0.5, 0.6) is 17.2 Å².